The van der Waals surface area contributed by atoms with Gasteiger partial charge in [-0.2, -0.15) is 0 Å². The van der Waals surface area contributed by atoms with Gasteiger partial charge in [0.1, 0.15) is 5.82 Å². The number of ether oxygens (including phenoxy) is 1. The largest absolute Gasteiger partial charge is 0.379 e. The Morgan fingerprint density at radius 3 is 2.78 bits per heavy atom. The molecular weight excluding hydrogens is 474 g/mol. The Morgan fingerprint density at radius 1 is 1.11 bits per heavy atom. The number of rotatable bonds is 12. The molecule has 0 fully saturated rings. The molecule has 0 aliphatic carbocycles. The lowest BCUT2D eigenvalue weighted by Gasteiger charge is -2.17. The zero-order chi connectivity index (χ0) is 25.5. The van der Waals surface area contributed by atoms with Crippen LogP contribution < -0.4 is 16.4 Å². The van der Waals surface area contributed by atoms with Crippen molar-refractivity contribution in [3.05, 3.63) is 76.6 Å². The third-order valence-corrected chi connectivity index (χ3v) is 6.50. The molecule has 0 radical (unpaired) electrons. The van der Waals surface area contributed by atoms with Crippen LogP contribution in [0.3, 0.4) is 0 Å². The molecule has 0 aliphatic heterocycles. The van der Waals surface area contributed by atoms with E-state index < -0.39 is 5.91 Å². The fourth-order valence-corrected chi connectivity index (χ4v) is 4.28. The van der Waals surface area contributed by atoms with Crippen molar-refractivity contribution in [1.29, 1.82) is 0 Å². The molecule has 4 rings (SSSR count). The third kappa shape index (κ3) is 6.49. The Labute approximate surface area is 216 Å². The Balaban J connectivity index is 1.25. The minimum Gasteiger partial charge on any atom is -0.379 e. The van der Waals surface area contributed by atoms with Crippen LogP contribution in [0, 0.1) is 6.92 Å². The Kier molecular flexibility index (Phi) is 8.70. The number of benzene rings is 2. The molecule has 1 atom stereocenters. The zero-order valence-electron chi connectivity index (χ0n) is 20.7. The molecule has 188 valence electrons. The fraction of sp³-hybridized carbons (Fsp3) is 0.321. The van der Waals surface area contributed by atoms with E-state index in [0.717, 1.165) is 58.5 Å². The molecule has 0 aliphatic rings. The van der Waals surface area contributed by atoms with Crippen LogP contribution in [0.15, 0.2) is 54.9 Å². The van der Waals surface area contributed by atoms with Crippen molar-refractivity contribution in [1.82, 2.24) is 15.3 Å². The maximum absolute atomic E-state index is 11.6. The van der Waals surface area contributed by atoms with Crippen LogP contribution in [0.2, 0.25) is 5.02 Å². The zero-order valence-corrected chi connectivity index (χ0v) is 21.4. The molecule has 0 saturated heterocycles. The smallest absolute Gasteiger partial charge is 0.248 e. The average molecular weight is 506 g/mol. The first kappa shape index (κ1) is 25.8. The number of carbonyl (C=O) groups is 1. The summed E-state index contributed by atoms with van der Waals surface area (Å²) in [6, 6.07) is 13.5. The lowest BCUT2D eigenvalue weighted by molar-refractivity contribution is 0.100. The van der Waals surface area contributed by atoms with Gasteiger partial charge in [-0.15, -0.1) is 0 Å². The van der Waals surface area contributed by atoms with E-state index in [1.165, 1.54) is 5.56 Å². The van der Waals surface area contributed by atoms with E-state index >= 15 is 0 Å². The summed E-state index contributed by atoms with van der Waals surface area (Å²) in [6.45, 7) is 7.06. The second-order valence-corrected chi connectivity index (χ2v) is 9.47. The van der Waals surface area contributed by atoms with Gasteiger partial charge in [-0.1, -0.05) is 29.8 Å². The van der Waals surface area contributed by atoms with Crippen LogP contribution in [-0.4, -0.2) is 41.7 Å². The van der Waals surface area contributed by atoms with Gasteiger partial charge in [-0.3, -0.25) is 9.78 Å². The Bertz CT molecular complexity index is 1360. The number of unbranched alkanes of at least 4 members (excludes halogenated alkanes) is 1. The minimum atomic E-state index is -0.476. The number of nitrogens with zero attached hydrogens (tertiary/aromatic N) is 2. The Morgan fingerprint density at radius 2 is 1.97 bits per heavy atom. The Hall–Kier alpha value is -3.26. The van der Waals surface area contributed by atoms with Crippen LogP contribution >= 0.6 is 11.6 Å². The van der Waals surface area contributed by atoms with Crippen molar-refractivity contribution in [3.8, 4) is 0 Å². The molecule has 7 nitrogen and oxygen atoms in total. The quantitative estimate of drug-likeness (QED) is 0.180. The number of nitrogens with one attached hydrogen (secondary N) is 2. The monoisotopic (exact) mass is 505 g/mol. The van der Waals surface area contributed by atoms with Gasteiger partial charge in [0, 0.05) is 58.3 Å². The number of hydrogen-bond donors (Lipinski definition) is 3. The maximum atomic E-state index is 11.6. The van der Waals surface area contributed by atoms with Gasteiger partial charge in [0.2, 0.25) is 5.91 Å². The molecule has 4 N–H and O–H groups in total. The van der Waals surface area contributed by atoms with E-state index in [9.17, 15) is 4.79 Å². The van der Waals surface area contributed by atoms with Gasteiger partial charge in [-0.05, 0) is 68.6 Å². The first-order valence-corrected chi connectivity index (χ1v) is 12.6. The molecule has 0 spiro atoms. The lowest BCUT2D eigenvalue weighted by atomic mass is 10.1. The standard InChI is InChI=1S/C28H32ClN5O2/c1-18-5-6-20(13-25(18)29)15-31-10-3-4-12-36-17-19(2)33-28-23-9-11-32-16-24(23)22-8-7-21(27(30)35)14-26(22)34-28/h5-9,11,13-14,16,19,31H,3-4,10,12,15,17H2,1-2H3,(H2,30,35)(H,33,34)/t19-/m0/s1. The van der Waals surface area contributed by atoms with Gasteiger partial charge in [0.15, 0.2) is 0 Å². The molecular formula is C28H32ClN5O2. The molecule has 8 heteroatoms. The van der Waals surface area contributed by atoms with Crippen LogP contribution in [0.5, 0.6) is 0 Å². The summed E-state index contributed by atoms with van der Waals surface area (Å²) in [6.07, 6.45) is 5.58. The molecule has 2 heterocycles. The van der Waals surface area contributed by atoms with Gasteiger partial charge in [0.05, 0.1) is 12.1 Å². The normalized spacial score (nSPS) is 12.2. The van der Waals surface area contributed by atoms with E-state index in [1.54, 1.807) is 18.3 Å². The highest BCUT2D eigenvalue weighted by Gasteiger charge is 2.12. The average Bonchev–Trinajstić information content (AvgIpc) is 2.87. The first-order valence-electron chi connectivity index (χ1n) is 12.2. The summed E-state index contributed by atoms with van der Waals surface area (Å²) < 4.78 is 5.90. The number of amides is 1. The predicted molar refractivity (Wildman–Crippen MR) is 147 cm³/mol. The number of hydrogen-bond acceptors (Lipinski definition) is 6. The van der Waals surface area contributed by atoms with Crippen LogP contribution in [0.4, 0.5) is 5.82 Å². The van der Waals surface area contributed by atoms with Crippen molar-refractivity contribution in [2.75, 3.05) is 25.1 Å². The van der Waals surface area contributed by atoms with E-state index in [0.29, 0.717) is 24.3 Å². The molecule has 4 aromatic rings. The van der Waals surface area contributed by atoms with Gasteiger partial charge >= 0.3 is 0 Å². The van der Waals surface area contributed by atoms with Crippen molar-refractivity contribution < 1.29 is 9.53 Å². The van der Waals surface area contributed by atoms with Gasteiger partial charge in [-0.25, -0.2) is 4.98 Å². The number of carbonyl (C=O) groups excluding carboxylic acids is 1. The molecule has 2 aromatic carbocycles. The topological polar surface area (TPSA) is 102 Å². The van der Waals surface area contributed by atoms with E-state index in [2.05, 4.69) is 28.6 Å². The predicted octanol–water partition coefficient (Wildman–Crippen LogP) is 5.23. The molecule has 2 aromatic heterocycles. The molecule has 1 amide bonds. The van der Waals surface area contributed by atoms with Gasteiger partial charge in [0.25, 0.3) is 0 Å². The number of primary amides is 1. The maximum Gasteiger partial charge on any atom is 0.248 e. The summed E-state index contributed by atoms with van der Waals surface area (Å²) in [5.74, 6) is 0.258. The van der Waals surface area contributed by atoms with E-state index in [4.69, 9.17) is 27.1 Å². The van der Waals surface area contributed by atoms with E-state index in [1.807, 2.05) is 37.4 Å². The highest BCUT2D eigenvalue weighted by Crippen LogP contribution is 2.29. The number of aromatic nitrogens is 2. The SMILES string of the molecule is Cc1ccc(CNCCCCOC[C@H](C)Nc2nc3cc(C(N)=O)ccc3c3cnccc23)cc1Cl. The molecule has 36 heavy (non-hydrogen) atoms. The fourth-order valence-electron chi connectivity index (χ4n) is 4.08. The van der Waals surface area contributed by atoms with Crippen molar-refractivity contribution in [2.45, 2.75) is 39.3 Å². The number of halogens is 1. The van der Waals surface area contributed by atoms with E-state index in [-0.39, 0.29) is 6.04 Å². The van der Waals surface area contributed by atoms with Gasteiger partial charge < -0.3 is 21.1 Å². The number of anilines is 1. The van der Waals surface area contributed by atoms with Crippen LogP contribution in [-0.2, 0) is 11.3 Å². The molecule has 0 saturated carbocycles. The number of fused-ring (bicyclic) bond motifs is 3. The molecule has 0 bridgehead atoms. The summed E-state index contributed by atoms with van der Waals surface area (Å²) in [4.78, 5) is 20.7. The van der Waals surface area contributed by atoms with Crippen molar-refractivity contribution in [2.24, 2.45) is 5.73 Å². The molecule has 0 unspecified atom stereocenters. The number of nitrogens with two attached hydrogens (primary N) is 1. The van der Waals surface area contributed by atoms with Crippen molar-refractivity contribution in [3.63, 3.8) is 0 Å². The third-order valence-electron chi connectivity index (χ3n) is 6.09. The lowest BCUT2D eigenvalue weighted by Crippen LogP contribution is -2.23. The summed E-state index contributed by atoms with van der Waals surface area (Å²) >= 11 is 6.19. The first-order chi connectivity index (χ1) is 17.4. The second kappa shape index (κ2) is 12.1. The number of aryl methyl sites for hydroxylation is 1. The summed E-state index contributed by atoms with van der Waals surface area (Å²) in [7, 11) is 0. The van der Waals surface area contributed by atoms with Crippen molar-refractivity contribution >= 4 is 45.0 Å². The minimum absolute atomic E-state index is 0.0510. The highest BCUT2D eigenvalue weighted by molar-refractivity contribution is 6.31. The second-order valence-electron chi connectivity index (χ2n) is 9.07. The van der Waals surface area contributed by atoms with Crippen LogP contribution in [0.25, 0.3) is 21.7 Å². The van der Waals surface area contributed by atoms with Crippen LogP contribution in [0.1, 0.15) is 41.3 Å². The summed E-state index contributed by atoms with van der Waals surface area (Å²) in [5, 5.41) is 10.6. The highest BCUT2D eigenvalue weighted by atomic mass is 35.5. The summed E-state index contributed by atoms with van der Waals surface area (Å²) in [5.41, 5.74) is 8.88. The number of pyridine rings is 2.